The Morgan fingerprint density at radius 3 is 2.79 bits per heavy atom. The minimum Gasteiger partial charge on any atom is -0.333 e. The first-order valence-corrected chi connectivity index (χ1v) is 11.5. The number of fused-ring (bicyclic) bond motifs is 1. The molecule has 0 radical (unpaired) electrons. The van der Waals surface area contributed by atoms with E-state index in [2.05, 4.69) is 41.6 Å². The second-order valence-corrected chi connectivity index (χ2v) is 9.91. The first-order chi connectivity index (χ1) is 16.2. The molecule has 7 nitrogen and oxygen atoms in total. The summed E-state index contributed by atoms with van der Waals surface area (Å²) in [4.78, 5) is 34.1. The first kappa shape index (κ1) is 21.9. The molecule has 3 heterocycles. The van der Waals surface area contributed by atoms with Gasteiger partial charge in [0.2, 0.25) is 11.8 Å². The molecule has 2 aliphatic heterocycles. The lowest BCUT2D eigenvalue weighted by molar-refractivity contribution is -0.124. The Labute approximate surface area is 199 Å². The molecule has 1 unspecified atom stereocenters. The number of carbonyl (C=O) groups excluding carboxylic acids is 2. The molecular formula is C27H27N5O2. The van der Waals surface area contributed by atoms with E-state index in [1.807, 2.05) is 36.5 Å². The van der Waals surface area contributed by atoms with Crippen LogP contribution in [0.15, 0.2) is 55.0 Å². The maximum absolute atomic E-state index is 13.6. The van der Waals surface area contributed by atoms with Crippen LogP contribution in [-0.2, 0) is 21.5 Å². The summed E-state index contributed by atoms with van der Waals surface area (Å²) in [7, 11) is 0. The van der Waals surface area contributed by atoms with Gasteiger partial charge in [-0.1, -0.05) is 32.0 Å². The van der Waals surface area contributed by atoms with Gasteiger partial charge in [0.15, 0.2) is 0 Å². The van der Waals surface area contributed by atoms with Crippen molar-refractivity contribution in [3.05, 3.63) is 77.4 Å². The molecule has 0 saturated carbocycles. The quantitative estimate of drug-likeness (QED) is 0.602. The Hall–Kier alpha value is -3.92. The zero-order chi connectivity index (χ0) is 24.0. The van der Waals surface area contributed by atoms with Gasteiger partial charge in [-0.05, 0) is 42.3 Å². The lowest BCUT2D eigenvalue weighted by Crippen LogP contribution is -2.39. The van der Waals surface area contributed by atoms with E-state index in [0.29, 0.717) is 24.3 Å². The third-order valence-corrected chi connectivity index (χ3v) is 6.79. The van der Waals surface area contributed by atoms with E-state index in [1.165, 1.54) is 0 Å². The van der Waals surface area contributed by atoms with Crippen molar-refractivity contribution in [1.29, 1.82) is 5.26 Å². The summed E-state index contributed by atoms with van der Waals surface area (Å²) < 4.78 is 2.06. The fourth-order valence-electron chi connectivity index (χ4n) is 5.08. The minimum absolute atomic E-state index is 0.0166. The van der Waals surface area contributed by atoms with Gasteiger partial charge >= 0.3 is 0 Å². The SMILES string of the molecule is Cc1cn(Cc2ccc3c(c2)C(C)(C)CN3C(=O)C2CC(=O)N(c3cccc(C#N)c3)C2)cn1. The molecule has 1 saturated heterocycles. The van der Waals surface area contributed by atoms with Crippen molar-refractivity contribution in [2.24, 2.45) is 5.92 Å². The van der Waals surface area contributed by atoms with Gasteiger partial charge in [-0.3, -0.25) is 9.59 Å². The van der Waals surface area contributed by atoms with Crippen molar-refractivity contribution >= 4 is 23.2 Å². The van der Waals surface area contributed by atoms with Crippen molar-refractivity contribution in [2.75, 3.05) is 22.9 Å². The van der Waals surface area contributed by atoms with Gasteiger partial charge in [-0.15, -0.1) is 0 Å². The van der Waals surface area contributed by atoms with Crippen molar-refractivity contribution in [3.8, 4) is 6.07 Å². The molecule has 1 fully saturated rings. The maximum Gasteiger partial charge on any atom is 0.232 e. The van der Waals surface area contributed by atoms with E-state index in [-0.39, 0.29) is 23.7 Å². The Kier molecular flexibility index (Phi) is 5.24. The van der Waals surface area contributed by atoms with Crippen LogP contribution in [0.2, 0.25) is 0 Å². The van der Waals surface area contributed by atoms with Crippen LogP contribution >= 0.6 is 0 Å². The molecule has 0 N–H and O–H groups in total. The molecule has 3 aromatic rings. The summed E-state index contributed by atoms with van der Waals surface area (Å²) >= 11 is 0. The van der Waals surface area contributed by atoms with Gasteiger partial charge < -0.3 is 14.4 Å². The van der Waals surface area contributed by atoms with Crippen molar-refractivity contribution in [3.63, 3.8) is 0 Å². The number of aromatic nitrogens is 2. The smallest absolute Gasteiger partial charge is 0.232 e. The normalized spacial score (nSPS) is 18.8. The van der Waals surface area contributed by atoms with Crippen molar-refractivity contribution < 1.29 is 9.59 Å². The zero-order valence-electron chi connectivity index (χ0n) is 19.7. The maximum atomic E-state index is 13.6. The third-order valence-electron chi connectivity index (χ3n) is 6.79. The van der Waals surface area contributed by atoms with Crippen molar-refractivity contribution in [1.82, 2.24) is 9.55 Å². The van der Waals surface area contributed by atoms with Crippen LogP contribution < -0.4 is 9.80 Å². The Morgan fingerprint density at radius 2 is 2.06 bits per heavy atom. The summed E-state index contributed by atoms with van der Waals surface area (Å²) in [5.41, 5.74) is 5.21. The number of hydrogen-bond donors (Lipinski definition) is 0. The molecule has 0 spiro atoms. The topological polar surface area (TPSA) is 82.2 Å². The zero-order valence-corrected chi connectivity index (χ0v) is 19.7. The largest absolute Gasteiger partial charge is 0.333 e. The summed E-state index contributed by atoms with van der Waals surface area (Å²) in [6.07, 6.45) is 4.03. The van der Waals surface area contributed by atoms with Crippen LogP contribution in [0.5, 0.6) is 0 Å². The van der Waals surface area contributed by atoms with Crippen LogP contribution in [0.1, 0.15) is 42.7 Å². The average Bonchev–Trinajstić information content (AvgIpc) is 3.49. The monoisotopic (exact) mass is 453 g/mol. The summed E-state index contributed by atoms with van der Waals surface area (Å²) in [5, 5.41) is 9.18. The van der Waals surface area contributed by atoms with E-state index in [4.69, 9.17) is 0 Å². The van der Waals surface area contributed by atoms with E-state index in [0.717, 1.165) is 29.1 Å². The lowest BCUT2D eigenvalue weighted by atomic mass is 9.86. The molecule has 5 rings (SSSR count). The highest BCUT2D eigenvalue weighted by molar-refractivity contribution is 6.05. The number of amides is 2. The molecule has 34 heavy (non-hydrogen) atoms. The van der Waals surface area contributed by atoms with E-state index in [1.54, 1.807) is 23.1 Å². The predicted octanol–water partition coefficient (Wildman–Crippen LogP) is 3.79. The van der Waals surface area contributed by atoms with Crippen LogP contribution in [0.25, 0.3) is 0 Å². The highest BCUT2D eigenvalue weighted by Gasteiger charge is 2.43. The number of imidazole rings is 1. The summed E-state index contributed by atoms with van der Waals surface area (Å²) in [6, 6.07) is 15.4. The number of benzene rings is 2. The first-order valence-electron chi connectivity index (χ1n) is 11.5. The molecule has 172 valence electrons. The highest BCUT2D eigenvalue weighted by atomic mass is 16.2. The van der Waals surface area contributed by atoms with Gasteiger partial charge in [0.25, 0.3) is 0 Å². The van der Waals surface area contributed by atoms with Gasteiger partial charge in [0.05, 0.1) is 29.6 Å². The van der Waals surface area contributed by atoms with E-state index < -0.39 is 5.92 Å². The highest BCUT2D eigenvalue weighted by Crippen LogP contribution is 2.42. The van der Waals surface area contributed by atoms with E-state index in [9.17, 15) is 14.9 Å². The molecule has 2 amide bonds. The molecule has 2 aliphatic rings. The van der Waals surface area contributed by atoms with Crippen LogP contribution in [0, 0.1) is 24.2 Å². The van der Waals surface area contributed by atoms with E-state index >= 15 is 0 Å². The Balaban J connectivity index is 1.37. The van der Waals surface area contributed by atoms with Gasteiger partial charge in [-0.2, -0.15) is 5.26 Å². The third kappa shape index (κ3) is 3.86. The lowest BCUT2D eigenvalue weighted by Gasteiger charge is -2.23. The Morgan fingerprint density at radius 1 is 1.24 bits per heavy atom. The number of nitriles is 1. The molecule has 7 heteroatoms. The number of anilines is 2. The fourth-order valence-corrected chi connectivity index (χ4v) is 5.08. The van der Waals surface area contributed by atoms with Crippen LogP contribution in [0.4, 0.5) is 11.4 Å². The minimum atomic E-state index is -0.409. The molecule has 1 aromatic heterocycles. The molecule has 0 aliphatic carbocycles. The second kappa shape index (κ2) is 8.14. The molecule has 2 aromatic carbocycles. The standard InChI is InChI=1S/C27H27N5O2/c1-18-13-30(17-29-18)14-20-7-8-24-23(10-20)27(2,3)16-32(24)26(34)21-11-25(33)31(15-21)22-6-4-5-19(9-22)12-28/h4-10,13,17,21H,11,14-16H2,1-3H3. The summed E-state index contributed by atoms with van der Waals surface area (Å²) in [6.45, 7) is 7.93. The van der Waals surface area contributed by atoms with Gasteiger partial charge in [0.1, 0.15) is 0 Å². The van der Waals surface area contributed by atoms with Gasteiger partial charge in [-0.25, -0.2) is 4.98 Å². The number of carbonyl (C=O) groups is 2. The average molecular weight is 454 g/mol. The fraction of sp³-hybridized carbons (Fsp3) is 0.333. The van der Waals surface area contributed by atoms with Crippen LogP contribution in [-0.4, -0.2) is 34.5 Å². The number of hydrogen-bond acceptors (Lipinski definition) is 4. The second-order valence-electron chi connectivity index (χ2n) is 9.91. The summed E-state index contributed by atoms with van der Waals surface area (Å²) in [5.74, 6) is -0.510. The van der Waals surface area contributed by atoms with Crippen LogP contribution in [0.3, 0.4) is 0 Å². The van der Waals surface area contributed by atoms with Gasteiger partial charge in [0, 0.05) is 49.0 Å². The molecule has 0 bridgehead atoms. The van der Waals surface area contributed by atoms with Crippen molar-refractivity contribution in [2.45, 2.75) is 39.2 Å². The molecular weight excluding hydrogens is 426 g/mol. The number of rotatable bonds is 4. The Bertz CT molecular complexity index is 1330. The molecule has 1 atom stereocenters. The number of aryl methyl sites for hydroxylation is 1. The number of nitrogens with zero attached hydrogens (tertiary/aromatic N) is 5. The predicted molar refractivity (Wildman–Crippen MR) is 130 cm³/mol.